The molecule has 1 aromatic heterocycles. The molecule has 1 unspecified atom stereocenters. The summed E-state index contributed by atoms with van der Waals surface area (Å²) in [6, 6.07) is 13.1. The van der Waals surface area contributed by atoms with Crippen LogP contribution in [0.4, 0.5) is 0 Å². The van der Waals surface area contributed by atoms with Gasteiger partial charge in [0.05, 0.1) is 6.26 Å². The van der Waals surface area contributed by atoms with Gasteiger partial charge in [-0.2, -0.15) is 4.99 Å². The number of rotatable bonds is 4. The lowest BCUT2D eigenvalue weighted by atomic mass is 10.2. The number of amidine groups is 2. The maximum atomic E-state index is 12.3. The molecule has 0 fully saturated rings. The van der Waals surface area contributed by atoms with Gasteiger partial charge in [0.1, 0.15) is 6.21 Å². The average Bonchev–Trinajstić information content (AvgIpc) is 3.26. The van der Waals surface area contributed by atoms with Gasteiger partial charge in [0.2, 0.25) is 0 Å². The first-order valence-corrected chi connectivity index (χ1v) is 7.64. The number of nitrogens with zero attached hydrogens (tertiary/aromatic N) is 4. The van der Waals surface area contributed by atoms with Gasteiger partial charge in [-0.15, -0.1) is 5.84 Å². The van der Waals surface area contributed by atoms with Gasteiger partial charge in [-0.3, -0.25) is 4.79 Å². The summed E-state index contributed by atoms with van der Waals surface area (Å²) in [5, 5.41) is 7.13. The quantitative estimate of drug-likeness (QED) is 0.649. The van der Waals surface area contributed by atoms with Gasteiger partial charge in [0.15, 0.2) is 17.7 Å². The summed E-state index contributed by atoms with van der Waals surface area (Å²) in [6.07, 6.45) is 4.43. The number of nitrogens with two attached hydrogens (primary N) is 1. The molecule has 2 aliphatic heterocycles. The lowest BCUT2D eigenvalue weighted by molar-refractivity contribution is -0.803. The third kappa shape index (κ3) is 2.91. The highest BCUT2D eigenvalue weighted by atomic mass is 16.3. The fourth-order valence-corrected chi connectivity index (χ4v) is 2.48. The molecule has 0 radical (unpaired) electrons. The summed E-state index contributed by atoms with van der Waals surface area (Å²) in [5.41, 5.74) is 1.18. The van der Waals surface area contributed by atoms with E-state index in [0.29, 0.717) is 24.0 Å². The molecule has 8 heteroatoms. The molecule has 1 atom stereocenters. The van der Waals surface area contributed by atoms with Crippen LogP contribution in [0.25, 0.3) is 0 Å². The number of hydrogen-bond acceptors (Lipinski definition) is 6. The van der Waals surface area contributed by atoms with Gasteiger partial charge in [0, 0.05) is 6.54 Å². The summed E-state index contributed by atoms with van der Waals surface area (Å²) in [6.45, 7) is 0.402. The molecule has 0 bridgehead atoms. The van der Waals surface area contributed by atoms with E-state index in [1.54, 1.807) is 12.1 Å². The molecule has 2 aliphatic rings. The Morgan fingerprint density at radius 2 is 2.04 bits per heavy atom. The molecule has 124 valence electrons. The molecule has 4 rings (SSSR count). The number of amides is 1. The van der Waals surface area contributed by atoms with Crippen molar-refractivity contribution in [2.24, 2.45) is 20.9 Å². The molecule has 1 amide bonds. The molecule has 25 heavy (non-hydrogen) atoms. The SMILES string of the molecule is N[N+]12C=C(C(=O)NCc3ccccc3)N=CC1=NC(c1ccco1)=N2. The fourth-order valence-electron chi connectivity index (χ4n) is 2.48. The largest absolute Gasteiger partial charge is 0.461 e. The van der Waals surface area contributed by atoms with Crippen molar-refractivity contribution in [2.45, 2.75) is 6.54 Å². The van der Waals surface area contributed by atoms with Crippen LogP contribution in [0.1, 0.15) is 11.3 Å². The van der Waals surface area contributed by atoms with Crippen molar-refractivity contribution >= 4 is 23.8 Å². The van der Waals surface area contributed by atoms with Crippen LogP contribution in [-0.2, 0) is 11.3 Å². The molecule has 3 heterocycles. The van der Waals surface area contributed by atoms with E-state index in [1.165, 1.54) is 18.7 Å². The van der Waals surface area contributed by atoms with Crippen molar-refractivity contribution in [3.05, 3.63) is 71.9 Å². The monoisotopic (exact) mass is 335 g/mol. The van der Waals surface area contributed by atoms with E-state index in [0.717, 1.165) is 5.56 Å². The lowest BCUT2D eigenvalue weighted by Crippen LogP contribution is -2.51. The molecule has 0 spiro atoms. The molecule has 1 aromatic carbocycles. The molecular weight excluding hydrogens is 320 g/mol. The smallest absolute Gasteiger partial charge is 0.300 e. The highest BCUT2D eigenvalue weighted by Gasteiger charge is 2.41. The second-order valence-electron chi connectivity index (χ2n) is 5.55. The van der Waals surface area contributed by atoms with Crippen molar-refractivity contribution in [2.75, 3.05) is 0 Å². The normalized spacial score (nSPS) is 21.2. The number of nitrogens with one attached hydrogen (secondary N) is 1. The average molecular weight is 335 g/mol. The van der Waals surface area contributed by atoms with Crippen molar-refractivity contribution in [1.29, 1.82) is 0 Å². The Hall–Kier alpha value is -3.36. The van der Waals surface area contributed by atoms with Crippen LogP contribution in [0.3, 0.4) is 0 Å². The Morgan fingerprint density at radius 3 is 2.80 bits per heavy atom. The number of hydrogen-bond donors (Lipinski definition) is 2. The molecular formula is C17H15N6O2+. The van der Waals surface area contributed by atoms with Crippen LogP contribution in [0.2, 0.25) is 0 Å². The molecule has 2 aromatic rings. The van der Waals surface area contributed by atoms with Crippen LogP contribution in [0.15, 0.2) is 80.1 Å². The van der Waals surface area contributed by atoms with Crippen LogP contribution in [-0.4, -0.2) is 28.5 Å². The first-order valence-electron chi connectivity index (χ1n) is 7.64. The van der Waals surface area contributed by atoms with E-state index in [9.17, 15) is 4.79 Å². The molecule has 8 nitrogen and oxygen atoms in total. The van der Waals surface area contributed by atoms with E-state index in [1.807, 2.05) is 30.3 Å². The van der Waals surface area contributed by atoms with Crippen molar-refractivity contribution in [1.82, 2.24) is 5.32 Å². The molecule has 0 saturated carbocycles. The highest BCUT2D eigenvalue weighted by molar-refractivity contribution is 6.31. The zero-order chi connectivity index (χ0) is 17.3. The van der Waals surface area contributed by atoms with Gasteiger partial charge in [-0.05, 0) is 27.5 Å². The maximum absolute atomic E-state index is 12.3. The highest BCUT2D eigenvalue weighted by Crippen LogP contribution is 2.21. The van der Waals surface area contributed by atoms with E-state index in [2.05, 4.69) is 20.4 Å². The fraction of sp³-hybridized carbons (Fsp3) is 0.0588. The topological polar surface area (TPSA) is 105 Å². The zero-order valence-corrected chi connectivity index (χ0v) is 13.2. The minimum Gasteiger partial charge on any atom is -0.461 e. The Labute approximate surface area is 143 Å². The van der Waals surface area contributed by atoms with Crippen LogP contribution < -0.4 is 11.2 Å². The van der Waals surface area contributed by atoms with E-state index in [-0.39, 0.29) is 11.6 Å². The van der Waals surface area contributed by atoms with Gasteiger partial charge < -0.3 is 9.73 Å². The Bertz CT molecular complexity index is 927. The van der Waals surface area contributed by atoms with Gasteiger partial charge in [-0.25, -0.2) is 4.99 Å². The van der Waals surface area contributed by atoms with Crippen LogP contribution in [0.5, 0.6) is 0 Å². The predicted octanol–water partition coefficient (Wildman–Crippen LogP) is 1.29. The van der Waals surface area contributed by atoms with E-state index < -0.39 is 4.70 Å². The third-order valence-corrected chi connectivity index (χ3v) is 3.76. The number of quaternary nitrogens is 1. The number of aliphatic imine (C=N–C) groups is 2. The van der Waals surface area contributed by atoms with Gasteiger partial charge >= 0.3 is 0 Å². The Morgan fingerprint density at radius 1 is 1.20 bits per heavy atom. The Kier molecular flexibility index (Phi) is 3.60. The summed E-state index contributed by atoms with van der Waals surface area (Å²) in [7, 11) is 0. The zero-order valence-electron chi connectivity index (χ0n) is 13.2. The number of carbonyl (C=O) groups excluding carboxylic acids is 1. The summed E-state index contributed by atoms with van der Waals surface area (Å²) in [5.74, 6) is 7.16. The minimum absolute atomic E-state index is 0.182. The number of fused-ring (bicyclic) bond motifs is 1. The summed E-state index contributed by atoms with van der Waals surface area (Å²) in [4.78, 5) is 20.8. The second kappa shape index (κ2) is 5.93. The van der Waals surface area contributed by atoms with E-state index in [4.69, 9.17) is 10.3 Å². The van der Waals surface area contributed by atoms with Gasteiger partial charge in [0.25, 0.3) is 17.6 Å². The summed E-state index contributed by atoms with van der Waals surface area (Å²) >= 11 is 0. The molecule has 0 aliphatic carbocycles. The minimum atomic E-state index is -0.465. The van der Waals surface area contributed by atoms with Crippen molar-refractivity contribution in [3.63, 3.8) is 0 Å². The standard InChI is InChI=1S/C17H14N6O2/c18-23-11-13(17(24)20-9-12-5-2-1-3-6-12)19-10-15(23)21-16(22-23)14-7-4-8-25-14/h1-8,10-11H,9,18H2/p+1. The Balaban J connectivity index is 1.52. The number of furan rings is 1. The van der Waals surface area contributed by atoms with Crippen LogP contribution >= 0.6 is 0 Å². The van der Waals surface area contributed by atoms with Crippen molar-refractivity contribution < 1.29 is 13.9 Å². The predicted molar refractivity (Wildman–Crippen MR) is 92.0 cm³/mol. The third-order valence-electron chi connectivity index (χ3n) is 3.76. The van der Waals surface area contributed by atoms with Crippen LogP contribution in [0, 0.1) is 0 Å². The first kappa shape index (κ1) is 15.2. The second-order valence-corrected chi connectivity index (χ2v) is 5.55. The molecule has 0 saturated heterocycles. The maximum Gasteiger partial charge on any atom is 0.300 e. The first-order chi connectivity index (χ1) is 12.1. The summed E-state index contributed by atoms with van der Waals surface area (Å²) < 4.78 is 4.82. The van der Waals surface area contributed by atoms with E-state index >= 15 is 0 Å². The molecule has 3 N–H and O–H groups in total. The van der Waals surface area contributed by atoms with Crippen molar-refractivity contribution in [3.8, 4) is 0 Å². The van der Waals surface area contributed by atoms with Gasteiger partial charge in [-0.1, -0.05) is 30.3 Å². The number of benzene rings is 1. The lowest BCUT2D eigenvalue weighted by Gasteiger charge is -2.19. The number of carbonyl (C=O) groups is 1.